The van der Waals surface area contributed by atoms with E-state index in [1.807, 2.05) is 56.3 Å². The maximum absolute atomic E-state index is 12.3. The third-order valence-electron chi connectivity index (χ3n) is 4.67. The highest BCUT2D eigenvalue weighted by atomic mass is 16.6. The van der Waals surface area contributed by atoms with Crippen molar-refractivity contribution in [3.8, 4) is 11.5 Å². The van der Waals surface area contributed by atoms with Gasteiger partial charge in [0, 0.05) is 6.04 Å². The highest BCUT2D eigenvalue weighted by Gasteiger charge is 2.20. The molecule has 0 bridgehead atoms. The number of carbonyl (C=O) groups excluding carboxylic acids is 2. The molecule has 0 heterocycles. The van der Waals surface area contributed by atoms with E-state index >= 15 is 0 Å². The van der Waals surface area contributed by atoms with Crippen LogP contribution < -0.4 is 14.8 Å². The molecule has 0 saturated carbocycles. The monoisotopic (exact) mass is 425 g/mol. The molecule has 31 heavy (non-hydrogen) atoms. The molecule has 0 spiro atoms. The minimum Gasteiger partial charge on any atom is -0.493 e. The maximum atomic E-state index is 12.3. The van der Waals surface area contributed by atoms with Crippen molar-refractivity contribution in [2.75, 3.05) is 13.7 Å². The van der Waals surface area contributed by atoms with Crippen LogP contribution in [0.25, 0.3) is 6.08 Å². The average Bonchev–Trinajstić information content (AvgIpc) is 2.77. The number of amides is 1. The second-order valence-electron chi connectivity index (χ2n) is 7.26. The molecule has 2 aromatic rings. The zero-order chi connectivity index (χ0) is 22.6. The number of benzene rings is 2. The fraction of sp³-hybridized carbons (Fsp3) is 0.360. The summed E-state index contributed by atoms with van der Waals surface area (Å²) in [5, 5.41) is 2.88. The topological polar surface area (TPSA) is 73.9 Å². The summed E-state index contributed by atoms with van der Waals surface area (Å²) in [4.78, 5) is 24.4. The normalized spacial score (nSPS) is 12.8. The van der Waals surface area contributed by atoms with E-state index in [-0.39, 0.29) is 18.6 Å². The Morgan fingerprint density at radius 3 is 2.48 bits per heavy atom. The zero-order valence-electron chi connectivity index (χ0n) is 18.6. The van der Waals surface area contributed by atoms with Crippen molar-refractivity contribution in [3.63, 3.8) is 0 Å². The summed E-state index contributed by atoms with van der Waals surface area (Å²) in [6, 6.07) is 15.4. The van der Waals surface area contributed by atoms with Gasteiger partial charge < -0.3 is 19.5 Å². The van der Waals surface area contributed by atoms with E-state index in [2.05, 4.69) is 17.4 Å². The molecule has 0 aliphatic carbocycles. The summed E-state index contributed by atoms with van der Waals surface area (Å²) in [5.74, 6) is -0.0119. The SMILES string of the molecule is C/C=C/c1ccc(OCC(=O)O[C@H](C)C(=O)N[C@@H](C)CCc2ccccc2)c(OC)c1. The van der Waals surface area contributed by atoms with Gasteiger partial charge in [-0.1, -0.05) is 48.6 Å². The van der Waals surface area contributed by atoms with E-state index in [1.165, 1.54) is 12.7 Å². The van der Waals surface area contributed by atoms with Gasteiger partial charge in [-0.15, -0.1) is 0 Å². The Kier molecular flexibility index (Phi) is 9.62. The third-order valence-corrected chi connectivity index (χ3v) is 4.67. The standard InChI is InChI=1S/C25H31NO5/c1-5-9-21-14-15-22(23(16-21)29-4)30-17-24(27)31-19(3)25(28)26-18(2)12-13-20-10-7-6-8-11-20/h5-11,14-16,18-19H,12-13,17H2,1-4H3,(H,26,28)/b9-5+/t18-,19+/m0/s1. The number of ether oxygens (including phenoxy) is 3. The fourth-order valence-electron chi connectivity index (χ4n) is 2.98. The van der Waals surface area contributed by atoms with Crippen molar-refractivity contribution in [2.45, 2.75) is 45.8 Å². The summed E-state index contributed by atoms with van der Waals surface area (Å²) >= 11 is 0. The van der Waals surface area contributed by atoms with Gasteiger partial charge in [-0.25, -0.2) is 4.79 Å². The molecule has 0 unspecified atom stereocenters. The predicted octanol–water partition coefficient (Wildman–Crippen LogP) is 4.18. The number of hydrogen-bond acceptors (Lipinski definition) is 5. The largest absolute Gasteiger partial charge is 0.493 e. The van der Waals surface area contributed by atoms with Gasteiger partial charge >= 0.3 is 5.97 Å². The first kappa shape index (κ1) is 24.0. The minimum absolute atomic E-state index is 0.0370. The van der Waals surface area contributed by atoms with E-state index in [1.54, 1.807) is 13.0 Å². The quantitative estimate of drug-likeness (QED) is 0.547. The molecule has 2 rings (SSSR count). The van der Waals surface area contributed by atoms with Gasteiger partial charge in [0.05, 0.1) is 7.11 Å². The van der Waals surface area contributed by atoms with Crippen molar-refractivity contribution in [1.82, 2.24) is 5.32 Å². The number of hydrogen-bond donors (Lipinski definition) is 1. The predicted molar refractivity (Wildman–Crippen MR) is 121 cm³/mol. The van der Waals surface area contributed by atoms with Crippen molar-refractivity contribution < 1.29 is 23.8 Å². The summed E-state index contributed by atoms with van der Waals surface area (Å²) in [6.45, 7) is 5.08. The Morgan fingerprint density at radius 1 is 1.06 bits per heavy atom. The van der Waals surface area contributed by atoms with Crippen LogP contribution in [0.4, 0.5) is 0 Å². The number of rotatable bonds is 11. The lowest BCUT2D eigenvalue weighted by Crippen LogP contribution is -2.41. The zero-order valence-corrected chi connectivity index (χ0v) is 18.6. The second kappa shape index (κ2) is 12.4. The molecule has 6 nitrogen and oxygen atoms in total. The summed E-state index contributed by atoms with van der Waals surface area (Å²) in [7, 11) is 1.53. The van der Waals surface area contributed by atoms with Gasteiger partial charge in [-0.05, 0) is 56.9 Å². The number of nitrogens with one attached hydrogen (secondary N) is 1. The molecule has 6 heteroatoms. The van der Waals surface area contributed by atoms with Crippen LogP contribution in [0.1, 0.15) is 38.3 Å². The second-order valence-corrected chi connectivity index (χ2v) is 7.26. The molecule has 2 aromatic carbocycles. The fourth-order valence-corrected chi connectivity index (χ4v) is 2.98. The van der Waals surface area contributed by atoms with Gasteiger partial charge in [-0.3, -0.25) is 4.79 Å². The Balaban J connectivity index is 1.77. The Morgan fingerprint density at radius 2 is 1.81 bits per heavy atom. The third kappa shape index (κ3) is 8.16. The van der Waals surface area contributed by atoms with E-state index in [0.717, 1.165) is 18.4 Å². The molecule has 0 saturated heterocycles. The Labute approximate surface area is 184 Å². The smallest absolute Gasteiger partial charge is 0.344 e. The molecular formula is C25H31NO5. The van der Waals surface area contributed by atoms with Gasteiger partial charge in [-0.2, -0.15) is 0 Å². The lowest BCUT2D eigenvalue weighted by Gasteiger charge is -2.18. The van der Waals surface area contributed by atoms with Crippen LogP contribution in [0.15, 0.2) is 54.6 Å². The first-order valence-electron chi connectivity index (χ1n) is 10.4. The number of aryl methyl sites for hydroxylation is 1. The number of esters is 1. The van der Waals surface area contributed by atoms with Gasteiger partial charge in [0.1, 0.15) is 0 Å². The van der Waals surface area contributed by atoms with Crippen LogP contribution in [-0.2, 0) is 20.7 Å². The van der Waals surface area contributed by atoms with E-state index in [9.17, 15) is 9.59 Å². The van der Waals surface area contributed by atoms with E-state index < -0.39 is 12.1 Å². The highest BCUT2D eigenvalue weighted by molar-refractivity contribution is 5.83. The first-order chi connectivity index (χ1) is 14.9. The molecule has 0 radical (unpaired) electrons. The van der Waals surface area contributed by atoms with Crippen LogP contribution in [0.5, 0.6) is 11.5 Å². The summed E-state index contributed by atoms with van der Waals surface area (Å²) in [5.41, 5.74) is 2.18. The molecule has 2 atom stereocenters. The van der Waals surface area contributed by atoms with Gasteiger partial charge in [0.15, 0.2) is 24.2 Å². The van der Waals surface area contributed by atoms with E-state index in [0.29, 0.717) is 11.5 Å². The molecule has 1 amide bonds. The van der Waals surface area contributed by atoms with Crippen molar-refractivity contribution in [2.24, 2.45) is 0 Å². The lowest BCUT2D eigenvalue weighted by molar-refractivity contribution is -0.156. The van der Waals surface area contributed by atoms with E-state index in [4.69, 9.17) is 14.2 Å². The number of carbonyl (C=O) groups is 2. The molecule has 0 aromatic heterocycles. The molecule has 0 fully saturated rings. The maximum Gasteiger partial charge on any atom is 0.344 e. The molecular weight excluding hydrogens is 394 g/mol. The lowest BCUT2D eigenvalue weighted by atomic mass is 10.1. The number of allylic oxidation sites excluding steroid dienone is 1. The average molecular weight is 426 g/mol. The Bertz CT molecular complexity index is 879. The first-order valence-corrected chi connectivity index (χ1v) is 10.4. The summed E-state index contributed by atoms with van der Waals surface area (Å²) in [6.07, 6.45) is 4.60. The Hall–Kier alpha value is -3.28. The summed E-state index contributed by atoms with van der Waals surface area (Å²) < 4.78 is 16.0. The van der Waals surface area contributed by atoms with Gasteiger partial charge in [0.25, 0.3) is 5.91 Å². The highest BCUT2D eigenvalue weighted by Crippen LogP contribution is 2.28. The molecule has 1 N–H and O–H groups in total. The van der Waals surface area contributed by atoms with Crippen LogP contribution in [0, 0.1) is 0 Å². The molecule has 166 valence electrons. The van der Waals surface area contributed by atoms with Crippen LogP contribution in [0.3, 0.4) is 0 Å². The van der Waals surface area contributed by atoms with Crippen LogP contribution >= 0.6 is 0 Å². The molecule has 0 aliphatic rings. The minimum atomic E-state index is -0.908. The molecule has 0 aliphatic heterocycles. The van der Waals surface area contributed by atoms with Gasteiger partial charge in [0.2, 0.25) is 0 Å². The van der Waals surface area contributed by atoms with Crippen LogP contribution in [-0.4, -0.2) is 37.7 Å². The van der Waals surface area contributed by atoms with Crippen LogP contribution in [0.2, 0.25) is 0 Å². The number of methoxy groups -OCH3 is 1. The van der Waals surface area contributed by atoms with Crippen molar-refractivity contribution in [3.05, 3.63) is 65.7 Å². The van der Waals surface area contributed by atoms with Crippen molar-refractivity contribution >= 4 is 18.0 Å². The van der Waals surface area contributed by atoms with Crippen molar-refractivity contribution in [1.29, 1.82) is 0 Å².